The molecule has 1 aromatic rings. The van der Waals surface area contributed by atoms with Crippen LogP contribution >= 0.6 is 0 Å². The summed E-state index contributed by atoms with van der Waals surface area (Å²) in [5.74, 6) is -0.498. The summed E-state index contributed by atoms with van der Waals surface area (Å²) in [6.45, 7) is 0. The maximum Gasteiger partial charge on any atom is 0.303 e. The highest BCUT2D eigenvalue weighted by Crippen LogP contribution is 2.20. The van der Waals surface area contributed by atoms with Gasteiger partial charge in [0.05, 0.1) is 0 Å². The summed E-state index contributed by atoms with van der Waals surface area (Å²) in [6.07, 6.45) is 80.1. The van der Waals surface area contributed by atoms with Crippen molar-refractivity contribution in [3.63, 3.8) is 0 Å². The number of unbranched alkanes of at least 4 members (excludes halogenated alkanes) is 55. The average Bonchev–Trinajstić information content (AvgIpc) is 3.36. The molecule has 1 amide bonds. The third kappa shape index (κ3) is 55.5. The van der Waals surface area contributed by atoms with Crippen LogP contribution in [0.25, 0.3) is 0 Å². The molecular weight excluding hydrogens is 855 g/mol. The van der Waals surface area contributed by atoms with E-state index in [0.717, 1.165) is 24.9 Å². The van der Waals surface area contributed by atoms with Crippen LogP contribution in [0.15, 0.2) is 30.3 Å². The number of rotatable bonds is 60. The van der Waals surface area contributed by atoms with Gasteiger partial charge >= 0.3 is 5.97 Å². The zero-order valence-electron chi connectivity index (χ0n) is 47.2. The van der Waals surface area contributed by atoms with E-state index in [4.69, 9.17) is 5.11 Å². The lowest BCUT2D eigenvalue weighted by Gasteiger charge is -2.05. The van der Waals surface area contributed by atoms with Crippen LogP contribution in [0.1, 0.15) is 372 Å². The number of aliphatic carboxylic acids is 1. The lowest BCUT2D eigenvalue weighted by Crippen LogP contribution is -2.10. The Labute approximate surface area is 438 Å². The SMILES string of the molecule is O=C(O)CCCCCCCCCCCCCCCCCCCCCCCCCCCCCCCCCCCCCCCCCCCCCCCCCCCCCCCCCCC(=O)Nc1ccccc1. The minimum atomic E-state index is -0.647. The van der Waals surface area contributed by atoms with Gasteiger partial charge in [0.1, 0.15) is 0 Å². The normalized spacial score (nSPS) is 11.5. The fourth-order valence-corrected chi connectivity index (χ4v) is 10.9. The molecule has 0 fully saturated rings. The van der Waals surface area contributed by atoms with E-state index in [1.54, 1.807) is 0 Å². The first-order valence-corrected chi connectivity index (χ1v) is 32.2. The smallest absolute Gasteiger partial charge is 0.303 e. The first-order valence-electron chi connectivity index (χ1n) is 32.2. The number of hydrogen-bond acceptors (Lipinski definition) is 2. The van der Waals surface area contributed by atoms with Gasteiger partial charge in [-0.15, -0.1) is 0 Å². The second kappa shape index (κ2) is 58.1. The van der Waals surface area contributed by atoms with Crippen LogP contribution in [0.5, 0.6) is 0 Å². The van der Waals surface area contributed by atoms with Crippen molar-refractivity contribution in [1.82, 2.24) is 0 Å². The van der Waals surface area contributed by atoms with Crippen molar-refractivity contribution in [2.45, 2.75) is 372 Å². The van der Waals surface area contributed by atoms with Crippen molar-refractivity contribution in [1.29, 1.82) is 0 Å². The van der Waals surface area contributed by atoms with Crippen LogP contribution in [0.2, 0.25) is 0 Å². The van der Waals surface area contributed by atoms with Crippen LogP contribution in [0, 0.1) is 0 Å². The second-order valence-corrected chi connectivity index (χ2v) is 22.6. The van der Waals surface area contributed by atoms with Gasteiger partial charge < -0.3 is 10.4 Å². The molecule has 0 atom stereocenters. The molecule has 0 bridgehead atoms. The number of carboxylic acids is 1. The fraction of sp³-hybridized carbons (Fsp3) is 0.879. The molecule has 2 N–H and O–H groups in total. The predicted octanol–water partition coefficient (Wildman–Crippen LogP) is 23.3. The Kier molecular flexibility index (Phi) is 54.9. The number of hydrogen-bond donors (Lipinski definition) is 2. The molecule has 0 saturated heterocycles. The number of para-hydroxylation sites is 1. The Bertz CT molecular complexity index is 1150. The third-order valence-corrected chi connectivity index (χ3v) is 15.6. The molecule has 0 saturated carbocycles. The number of nitrogens with one attached hydrogen (secondary N) is 1. The zero-order chi connectivity index (χ0) is 50.0. The summed E-state index contributed by atoms with van der Waals surface area (Å²) in [7, 11) is 0. The van der Waals surface area contributed by atoms with Gasteiger partial charge in [0.2, 0.25) is 5.91 Å². The third-order valence-electron chi connectivity index (χ3n) is 15.6. The summed E-state index contributed by atoms with van der Waals surface area (Å²) in [5.41, 5.74) is 0.906. The molecule has 4 nitrogen and oxygen atoms in total. The largest absolute Gasteiger partial charge is 0.481 e. The summed E-state index contributed by atoms with van der Waals surface area (Å²) < 4.78 is 0. The first kappa shape index (κ1) is 66.2. The van der Waals surface area contributed by atoms with Crippen LogP contribution < -0.4 is 5.32 Å². The summed E-state index contributed by atoms with van der Waals surface area (Å²) in [4.78, 5) is 22.6. The Morgan fingerprint density at radius 1 is 0.243 bits per heavy atom. The van der Waals surface area contributed by atoms with E-state index in [2.05, 4.69) is 5.32 Å². The first-order chi connectivity index (χ1) is 34.7. The monoisotopic (exact) mass is 978 g/mol. The molecule has 70 heavy (non-hydrogen) atoms. The highest BCUT2D eigenvalue weighted by molar-refractivity contribution is 5.90. The Morgan fingerprint density at radius 2 is 0.400 bits per heavy atom. The standard InChI is InChI=1S/C66H123NO3/c68-65(67-64-60-56-55-57-61-64)62-58-53-51-49-47-45-43-41-39-37-35-33-31-29-27-25-23-21-19-17-15-13-11-9-7-5-3-1-2-4-6-8-10-12-14-16-18-20-22-24-26-28-30-32-34-36-38-40-42-44-46-48-50-52-54-59-63-66(69)70/h55-57,60-61H,1-54,58-59,62-63H2,(H,67,68)(H,69,70). The van der Waals surface area contributed by atoms with Crippen molar-refractivity contribution >= 4 is 17.6 Å². The van der Waals surface area contributed by atoms with Crippen molar-refractivity contribution < 1.29 is 14.7 Å². The minimum Gasteiger partial charge on any atom is -0.481 e. The maximum absolute atomic E-state index is 12.0. The van der Waals surface area contributed by atoms with E-state index in [1.807, 2.05) is 30.3 Å². The summed E-state index contributed by atoms with van der Waals surface area (Å²) in [6, 6.07) is 9.80. The van der Waals surface area contributed by atoms with Gasteiger partial charge in [-0.2, -0.15) is 0 Å². The van der Waals surface area contributed by atoms with Crippen molar-refractivity contribution in [2.24, 2.45) is 0 Å². The summed E-state index contributed by atoms with van der Waals surface area (Å²) >= 11 is 0. The number of amides is 1. The Morgan fingerprint density at radius 3 is 0.571 bits per heavy atom. The molecule has 1 rings (SSSR count). The average molecular weight is 979 g/mol. The highest BCUT2D eigenvalue weighted by Gasteiger charge is 2.03. The van der Waals surface area contributed by atoms with E-state index in [-0.39, 0.29) is 5.91 Å². The van der Waals surface area contributed by atoms with Gasteiger partial charge in [0.15, 0.2) is 0 Å². The van der Waals surface area contributed by atoms with Crippen molar-refractivity contribution in [3.8, 4) is 0 Å². The predicted molar refractivity (Wildman–Crippen MR) is 310 cm³/mol. The molecule has 4 heteroatoms. The molecule has 0 heterocycles. The lowest BCUT2D eigenvalue weighted by molar-refractivity contribution is -0.137. The number of carbonyl (C=O) groups excluding carboxylic acids is 1. The molecule has 0 unspecified atom stereocenters. The van der Waals surface area contributed by atoms with E-state index < -0.39 is 5.97 Å². The number of carbonyl (C=O) groups is 2. The minimum absolute atomic E-state index is 0.149. The summed E-state index contributed by atoms with van der Waals surface area (Å²) in [5, 5.41) is 11.7. The van der Waals surface area contributed by atoms with Crippen LogP contribution in [-0.2, 0) is 9.59 Å². The Hall–Kier alpha value is -1.84. The molecule has 0 aliphatic carbocycles. The van der Waals surface area contributed by atoms with Gasteiger partial charge in [-0.1, -0.05) is 365 Å². The quantitative estimate of drug-likeness (QED) is 0.0639. The molecule has 410 valence electrons. The van der Waals surface area contributed by atoms with Crippen molar-refractivity contribution in [2.75, 3.05) is 5.32 Å². The van der Waals surface area contributed by atoms with E-state index in [0.29, 0.717) is 12.8 Å². The molecule has 1 aromatic carbocycles. The van der Waals surface area contributed by atoms with E-state index in [9.17, 15) is 9.59 Å². The van der Waals surface area contributed by atoms with Crippen LogP contribution in [-0.4, -0.2) is 17.0 Å². The van der Waals surface area contributed by atoms with Gasteiger partial charge in [0.25, 0.3) is 0 Å². The topological polar surface area (TPSA) is 66.4 Å². The molecule has 0 aliphatic rings. The van der Waals surface area contributed by atoms with Gasteiger partial charge in [-0.05, 0) is 25.0 Å². The molecule has 0 spiro atoms. The number of benzene rings is 1. The highest BCUT2D eigenvalue weighted by atomic mass is 16.4. The van der Waals surface area contributed by atoms with Crippen LogP contribution in [0.4, 0.5) is 5.69 Å². The van der Waals surface area contributed by atoms with Crippen molar-refractivity contribution in [3.05, 3.63) is 30.3 Å². The lowest BCUT2D eigenvalue weighted by atomic mass is 10.0. The molecule has 0 radical (unpaired) electrons. The number of carboxylic acid groups (broad SMARTS) is 1. The van der Waals surface area contributed by atoms with Gasteiger partial charge in [-0.25, -0.2) is 0 Å². The molecular formula is C66H123NO3. The second-order valence-electron chi connectivity index (χ2n) is 22.6. The van der Waals surface area contributed by atoms with Crippen LogP contribution in [0.3, 0.4) is 0 Å². The molecule has 0 aromatic heterocycles. The maximum atomic E-state index is 12.0. The number of anilines is 1. The zero-order valence-corrected chi connectivity index (χ0v) is 47.2. The Balaban J connectivity index is 1.60. The molecule has 0 aliphatic heterocycles. The van der Waals surface area contributed by atoms with E-state index in [1.165, 1.54) is 340 Å². The van der Waals surface area contributed by atoms with Gasteiger partial charge in [0, 0.05) is 18.5 Å². The van der Waals surface area contributed by atoms with Gasteiger partial charge in [-0.3, -0.25) is 9.59 Å². The van der Waals surface area contributed by atoms with E-state index >= 15 is 0 Å². The fourth-order valence-electron chi connectivity index (χ4n) is 10.9.